The first-order valence-corrected chi connectivity index (χ1v) is 5.10. The Morgan fingerprint density at radius 3 is 2.44 bits per heavy atom. The fourth-order valence-corrected chi connectivity index (χ4v) is 1.16. The fraction of sp³-hybridized carbons (Fsp3) is 0.154. The molecule has 84 valence electrons. The highest BCUT2D eigenvalue weighted by Gasteiger charge is 2.06. The average molecular weight is 216 g/mol. The molecule has 0 heterocycles. The van der Waals surface area contributed by atoms with E-state index in [0.717, 1.165) is 10.6 Å². The van der Waals surface area contributed by atoms with Gasteiger partial charge < -0.3 is 0 Å². The number of nitrogens with two attached hydrogens (primary N) is 1. The molecule has 0 radical (unpaired) electrons. The molecule has 2 N–H and O–H groups in total. The highest BCUT2D eigenvalue weighted by Crippen LogP contribution is 2.12. The lowest BCUT2D eigenvalue weighted by atomic mass is 10.2. The monoisotopic (exact) mass is 216 g/mol. The molecule has 1 rings (SSSR count). The Kier molecular flexibility index (Phi) is 4.48. The van der Waals surface area contributed by atoms with Crippen molar-refractivity contribution >= 4 is 11.6 Å². The lowest BCUT2D eigenvalue weighted by Crippen LogP contribution is -2.36. The number of allylic oxidation sites excluding steroid dienone is 3. The molecule has 3 nitrogen and oxygen atoms in total. The highest BCUT2D eigenvalue weighted by atomic mass is 16.2. The zero-order valence-electron chi connectivity index (χ0n) is 9.55. The minimum absolute atomic E-state index is 0.248. The molecule has 0 spiro atoms. The van der Waals surface area contributed by atoms with Crippen LogP contribution in [0.4, 0.5) is 5.69 Å². The molecule has 1 aromatic carbocycles. The molecule has 0 aliphatic heterocycles. The number of anilines is 1. The van der Waals surface area contributed by atoms with Crippen molar-refractivity contribution in [2.45, 2.75) is 13.8 Å². The minimum atomic E-state index is -0.248. The van der Waals surface area contributed by atoms with E-state index >= 15 is 0 Å². The van der Waals surface area contributed by atoms with Crippen molar-refractivity contribution in [3.05, 3.63) is 54.1 Å². The zero-order chi connectivity index (χ0) is 12.0. The molecule has 0 atom stereocenters. The SMILES string of the molecule is C/C=C/C=C/C(=O)N(N)c1ccc(C)cc1. The van der Waals surface area contributed by atoms with E-state index in [-0.39, 0.29) is 5.91 Å². The van der Waals surface area contributed by atoms with E-state index in [4.69, 9.17) is 5.84 Å². The topological polar surface area (TPSA) is 46.3 Å². The van der Waals surface area contributed by atoms with Gasteiger partial charge in [0.15, 0.2) is 0 Å². The molecule has 0 aliphatic rings. The van der Waals surface area contributed by atoms with Gasteiger partial charge in [0.25, 0.3) is 5.91 Å². The third-order valence-corrected chi connectivity index (χ3v) is 2.09. The van der Waals surface area contributed by atoms with Crippen LogP contribution >= 0.6 is 0 Å². The second-order valence-electron chi connectivity index (χ2n) is 3.43. The molecular formula is C13H16N2O. The Bertz CT molecular complexity index is 404. The van der Waals surface area contributed by atoms with E-state index in [1.54, 1.807) is 12.2 Å². The van der Waals surface area contributed by atoms with Gasteiger partial charge in [-0.05, 0) is 26.0 Å². The zero-order valence-corrected chi connectivity index (χ0v) is 9.55. The van der Waals surface area contributed by atoms with Gasteiger partial charge in [0, 0.05) is 6.08 Å². The molecule has 0 saturated carbocycles. The van der Waals surface area contributed by atoms with E-state index in [2.05, 4.69) is 0 Å². The van der Waals surface area contributed by atoms with Gasteiger partial charge in [-0.1, -0.05) is 35.9 Å². The first-order chi connectivity index (χ1) is 7.65. The summed E-state index contributed by atoms with van der Waals surface area (Å²) in [5, 5.41) is 1.12. The number of benzene rings is 1. The van der Waals surface area contributed by atoms with Crippen molar-refractivity contribution in [3.63, 3.8) is 0 Å². The second-order valence-corrected chi connectivity index (χ2v) is 3.43. The summed E-state index contributed by atoms with van der Waals surface area (Å²) in [6, 6.07) is 7.46. The predicted molar refractivity (Wildman–Crippen MR) is 66.8 cm³/mol. The van der Waals surface area contributed by atoms with Crippen LogP contribution in [0.2, 0.25) is 0 Å². The van der Waals surface area contributed by atoms with E-state index in [1.165, 1.54) is 6.08 Å². The van der Waals surface area contributed by atoms with Crippen LogP contribution in [0.1, 0.15) is 12.5 Å². The van der Waals surface area contributed by atoms with Crippen LogP contribution in [-0.4, -0.2) is 5.91 Å². The Labute approximate surface area is 95.8 Å². The quantitative estimate of drug-likeness (QED) is 0.277. The van der Waals surface area contributed by atoms with Gasteiger partial charge in [0.2, 0.25) is 0 Å². The molecule has 0 aliphatic carbocycles. The van der Waals surface area contributed by atoms with Gasteiger partial charge in [-0.2, -0.15) is 0 Å². The maximum absolute atomic E-state index is 11.6. The molecule has 16 heavy (non-hydrogen) atoms. The summed E-state index contributed by atoms with van der Waals surface area (Å²) in [7, 11) is 0. The van der Waals surface area contributed by atoms with Crippen molar-refractivity contribution in [2.24, 2.45) is 5.84 Å². The average Bonchev–Trinajstić information content (AvgIpc) is 2.29. The van der Waals surface area contributed by atoms with Gasteiger partial charge in [-0.3, -0.25) is 4.79 Å². The van der Waals surface area contributed by atoms with Gasteiger partial charge in [0.1, 0.15) is 0 Å². The van der Waals surface area contributed by atoms with Crippen LogP contribution in [-0.2, 0) is 4.79 Å². The van der Waals surface area contributed by atoms with Crippen molar-refractivity contribution in [1.82, 2.24) is 0 Å². The normalized spacial score (nSPS) is 11.2. The lowest BCUT2D eigenvalue weighted by molar-refractivity contribution is -0.114. The molecule has 0 fully saturated rings. The number of rotatable bonds is 3. The maximum Gasteiger partial charge on any atom is 0.265 e. The van der Waals surface area contributed by atoms with Gasteiger partial charge in [-0.15, -0.1) is 0 Å². The molecule has 0 unspecified atom stereocenters. The first kappa shape index (κ1) is 12.2. The number of aryl methyl sites for hydroxylation is 1. The Morgan fingerprint density at radius 1 is 1.25 bits per heavy atom. The van der Waals surface area contributed by atoms with Crippen molar-refractivity contribution in [3.8, 4) is 0 Å². The molecule has 0 aromatic heterocycles. The van der Waals surface area contributed by atoms with Crippen LogP contribution in [0.15, 0.2) is 48.6 Å². The largest absolute Gasteiger partial charge is 0.268 e. The number of hydrogen-bond acceptors (Lipinski definition) is 2. The van der Waals surface area contributed by atoms with Crippen LogP contribution in [0, 0.1) is 6.92 Å². The standard InChI is InChI=1S/C13H16N2O/c1-3-4-5-6-13(16)15(14)12-9-7-11(2)8-10-12/h3-10H,14H2,1-2H3/b4-3+,6-5+. The van der Waals surface area contributed by atoms with E-state index < -0.39 is 0 Å². The molecule has 0 bridgehead atoms. The van der Waals surface area contributed by atoms with Crippen LogP contribution in [0.5, 0.6) is 0 Å². The number of nitrogens with zero attached hydrogens (tertiary/aromatic N) is 1. The minimum Gasteiger partial charge on any atom is -0.268 e. The van der Waals surface area contributed by atoms with Gasteiger partial charge in [-0.25, -0.2) is 10.9 Å². The fourth-order valence-electron chi connectivity index (χ4n) is 1.16. The van der Waals surface area contributed by atoms with E-state index in [1.807, 2.05) is 44.2 Å². The molecular weight excluding hydrogens is 200 g/mol. The van der Waals surface area contributed by atoms with Gasteiger partial charge >= 0.3 is 0 Å². The Balaban J connectivity index is 2.74. The number of amides is 1. The predicted octanol–water partition coefficient (Wildman–Crippen LogP) is 2.33. The summed E-state index contributed by atoms with van der Waals surface area (Å²) >= 11 is 0. The Morgan fingerprint density at radius 2 is 1.88 bits per heavy atom. The summed E-state index contributed by atoms with van der Waals surface area (Å²) in [4.78, 5) is 11.6. The van der Waals surface area contributed by atoms with Crippen molar-refractivity contribution < 1.29 is 4.79 Å². The molecule has 1 aromatic rings. The van der Waals surface area contributed by atoms with Crippen LogP contribution < -0.4 is 10.9 Å². The molecule has 3 heteroatoms. The van der Waals surface area contributed by atoms with Crippen LogP contribution in [0.25, 0.3) is 0 Å². The number of hydrogen-bond donors (Lipinski definition) is 1. The van der Waals surface area contributed by atoms with E-state index in [9.17, 15) is 4.79 Å². The number of carbonyl (C=O) groups excluding carboxylic acids is 1. The summed E-state index contributed by atoms with van der Waals surface area (Å²) in [6.07, 6.45) is 6.72. The van der Waals surface area contributed by atoms with Gasteiger partial charge in [0.05, 0.1) is 5.69 Å². The number of hydrazine groups is 1. The third-order valence-electron chi connectivity index (χ3n) is 2.09. The number of carbonyl (C=O) groups is 1. The Hall–Kier alpha value is -1.87. The summed E-state index contributed by atoms with van der Waals surface area (Å²) < 4.78 is 0. The molecule has 1 amide bonds. The van der Waals surface area contributed by atoms with Crippen molar-refractivity contribution in [1.29, 1.82) is 0 Å². The van der Waals surface area contributed by atoms with Crippen molar-refractivity contribution in [2.75, 3.05) is 5.01 Å². The summed E-state index contributed by atoms with van der Waals surface area (Å²) in [5.41, 5.74) is 1.81. The van der Waals surface area contributed by atoms with Crippen LogP contribution in [0.3, 0.4) is 0 Å². The van der Waals surface area contributed by atoms with E-state index in [0.29, 0.717) is 5.69 Å². The summed E-state index contributed by atoms with van der Waals surface area (Å²) in [5.74, 6) is 5.43. The second kappa shape index (κ2) is 5.88. The smallest absolute Gasteiger partial charge is 0.265 e. The summed E-state index contributed by atoms with van der Waals surface area (Å²) in [6.45, 7) is 3.87. The highest BCUT2D eigenvalue weighted by molar-refractivity contribution is 6.00. The maximum atomic E-state index is 11.6. The third kappa shape index (κ3) is 3.37. The first-order valence-electron chi connectivity index (χ1n) is 5.10. The molecule has 0 saturated heterocycles. The lowest BCUT2D eigenvalue weighted by Gasteiger charge is -2.14.